The highest BCUT2D eigenvalue weighted by atomic mass is 16.1. The number of nitrogens with one attached hydrogen (secondary N) is 2. The van der Waals surface area contributed by atoms with Gasteiger partial charge in [-0.1, -0.05) is 0 Å². The molecule has 3 aromatic rings. The molecule has 2 N–H and O–H groups in total. The number of fused-ring (bicyclic) bond motifs is 2. The summed E-state index contributed by atoms with van der Waals surface area (Å²) >= 11 is 0. The second-order valence-electron chi connectivity index (χ2n) is 5.84. The standard InChI is InChI=1S/C16H17N5O/c1-21-15-7-10(2-3-11(15)9-18-21)16(22)19-13-4-5-14-12(6-13)8-17-20-14/h4-6,8-10H,2-3,7H2,1H3,(H,17,20)(H,19,22). The van der Waals surface area contributed by atoms with Crippen molar-refractivity contribution in [3.63, 3.8) is 0 Å². The van der Waals surface area contributed by atoms with Gasteiger partial charge in [-0.25, -0.2) is 0 Å². The van der Waals surface area contributed by atoms with Gasteiger partial charge in [0, 0.05) is 36.2 Å². The molecule has 6 nitrogen and oxygen atoms in total. The van der Waals surface area contributed by atoms with Gasteiger partial charge in [-0.15, -0.1) is 0 Å². The first-order valence-electron chi connectivity index (χ1n) is 7.44. The van der Waals surface area contributed by atoms with Gasteiger partial charge in [-0.05, 0) is 36.6 Å². The number of aryl methyl sites for hydroxylation is 2. The van der Waals surface area contributed by atoms with E-state index in [2.05, 4.69) is 20.6 Å². The van der Waals surface area contributed by atoms with Crippen molar-refractivity contribution in [2.24, 2.45) is 13.0 Å². The van der Waals surface area contributed by atoms with Gasteiger partial charge >= 0.3 is 0 Å². The van der Waals surface area contributed by atoms with Crippen molar-refractivity contribution in [3.8, 4) is 0 Å². The van der Waals surface area contributed by atoms with Crippen LogP contribution in [0.2, 0.25) is 0 Å². The van der Waals surface area contributed by atoms with E-state index in [9.17, 15) is 4.79 Å². The minimum atomic E-state index is 0.00273. The maximum absolute atomic E-state index is 12.5. The lowest BCUT2D eigenvalue weighted by molar-refractivity contribution is -0.120. The fraction of sp³-hybridized carbons (Fsp3) is 0.312. The van der Waals surface area contributed by atoms with Gasteiger partial charge in [0.25, 0.3) is 0 Å². The van der Waals surface area contributed by atoms with E-state index in [-0.39, 0.29) is 11.8 Å². The van der Waals surface area contributed by atoms with E-state index >= 15 is 0 Å². The molecule has 1 unspecified atom stereocenters. The molecular formula is C16H17N5O. The summed E-state index contributed by atoms with van der Waals surface area (Å²) < 4.78 is 1.88. The molecule has 0 saturated heterocycles. The Morgan fingerprint density at radius 3 is 3.23 bits per heavy atom. The van der Waals surface area contributed by atoms with Gasteiger partial charge in [-0.3, -0.25) is 14.6 Å². The average molecular weight is 295 g/mol. The van der Waals surface area contributed by atoms with Gasteiger partial charge in [0.2, 0.25) is 5.91 Å². The summed E-state index contributed by atoms with van der Waals surface area (Å²) in [6.45, 7) is 0. The van der Waals surface area contributed by atoms with Gasteiger partial charge < -0.3 is 5.32 Å². The van der Waals surface area contributed by atoms with E-state index in [1.165, 1.54) is 11.3 Å². The Morgan fingerprint density at radius 2 is 2.32 bits per heavy atom. The predicted octanol–water partition coefficient (Wildman–Crippen LogP) is 2.04. The predicted molar refractivity (Wildman–Crippen MR) is 83.4 cm³/mol. The highest BCUT2D eigenvalue weighted by molar-refractivity contribution is 5.95. The van der Waals surface area contributed by atoms with Crippen LogP contribution in [-0.2, 0) is 24.7 Å². The van der Waals surface area contributed by atoms with Crippen LogP contribution in [0.5, 0.6) is 0 Å². The molecule has 2 aromatic heterocycles. The molecular weight excluding hydrogens is 278 g/mol. The van der Waals surface area contributed by atoms with Crippen LogP contribution < -0.4 is 5.32 Å². The van der Waals surface area contributed by atoms with E-state index in [0.717, 1.165) is 35.9 Å². The summed E-state index contributed by atoms with van der Waals surface area (Å²) in [5.74, 6) is 0.0811. The highest BCUT2D eigenvalue weighted by Crippen LogP contribution is 2.26. The first kappa shape index (κ1) is 13.1. The van der Waals surface area contributed by atoms with Crippen LogP contribution >= 0.6 is 0 Å². The number of hydrogen-bond acceptors (Lipinski definition) is 3. The van der Waals surface area contributed by atoms with E-state index in [1.807, 2.05) is 36.1 Å². The van der Waals surface area contributed by atoms with Crippen molar-refractivity contribution in [2.75, 3.05) is 5.32 Å². The van der Waals surface area contributed by atoms with Crippen LogP contribution in [0.4, 0.5) is 5.69 Å². The molecule has 0 spiro atoms. The highest BCUT2D eigenvalue weighted by Gasteiger charge is 2.27. The number of amides is 1. The minimum Gasteiger partial charge on any atom is -0.326 e. The van der Waals surface area contributed by atoms with Crippen molar-refractivity contribution in [2.45, 2.75) is 19.3 Å². The average Bonchev–Trinajstić information content (AvgIpc) is 3.13. The first-order valence-corrected chi connectivity index (χ1v) is 7.44. The second-order valence-corrected chi connectivity index (χ2v) is 5.84. The quantitative estimate of drug-likeness (QED) is 0.759. The van der Waals surface area contributed by atoms with Crippen LogP contribution in [-0.4, -0.2) is 25.9 Å². The lowest BCUT2D eigenvalue weighted by Gasteiger charge is -2.22. The second kappa shape index (κ2) is 4.98. The van der Waals surface area contributed by atoms with Gasteiger partial charge in [0.1, 0.15) is 0 Å². The van der Waals surface area contributed by atoms with E-state index in [0.29, 0.717) is 0 Å². The topological polar surface area (TPSA) is 75.6 Å². The lowest BCUT2D eigenvalue weighted by atomic mass is 9.87. The molecule has 0 bridgehead atoms. The van der Waals surface area contributed by atoms with Crippen LogP contribution in [0.1, 0.15) is 17.7 Å². The maximum Gasteiger partial charge on any atom is 0.227 e. The van der Waals surface area contributed by atoms with Crippen molar-refractivity contribution >= 4 is 22.5 Å². The van der Waals surface area contributed by atoms with Crippen LogP contribution in [0.3, 0.4) is 0 Å². The number of benzene rings is 1. The Morgan fingerprint density at radius 1 is 1.41 bits per heavy atom. The molecule has 1 atom stereocenters. The van der Waals surface area contributed by atoms with Crippen LogP contribution in [0.25, 0.3) is 10.9 Å². The molecule has 0 saturated carbocycles. The summed E-state index contributed by atoms with van der Waals surface area (Å²) in [4.78, 5) is 12.5. The number of aromatic amines is 1. The Hall–Kier alpha value is -2.63. The summed E-state index contributed by atoms with van der Waals surface area (Å²) in [6.07, 6.45) is 6.22. The minimum absolute atomic E-state index is 0.00273. The third kappa shape index (κ3) is 2.16. The van der Waals surface area contributed by atoms with E-state index in [1.54, 1.807) is 6.20 Å². The molecule has 0 radical (unpaired) electrons. The van der Waals surface area contributed by atoms with Crippen molar-refractivity contribution < 1.29 is 4.79 Å². The largest absolute Gasteiger partial charge is 0.326 e. The number of aromatic nitrogens is 4. The molecule has 0 fully saturated rings. The van der Waals surface area contributed by atoms with Gasteiger partial charge in [0.15, 0.2) is 0 Å². The normalized spacial score (nSPS) is 17.4. The zero-order valence-corrected chi connectivity index (χ0v) is 12.3. The molecule has 6 heteroatoms. The Kier molecular flexibility index (Phi) is 2.96. The number of carbonyl (C=O) groups excluding carboxylic acids is 1. The number of H-pyrrole nitrogens is 1. The molecule has 112 valence electrons. The fourth-order valence-corrected chi connectivity index (χ4v) is 3.13. The molecule has 4 rings (SSSR count). The monoisotopic (exact) mass is 295 g/mol. The summed E-state index contributed by atoms with van der Waals surface area (Å²) in [7, 11) is 1.94. The molecule has 2 heterocycles. The van der Waals surface area contributed by atoms with Gasteiger partial charge in [0.05, 0.1) is 17.9 Å². The Bertz CT molecular complexity index is 847. The van der Waals surface area contributed by atoms with E-state index in [4.69, 9.17) is 0 Å². The third-order valence-corrected chi connectivity index (χ3v) is 4.43. The molecule has 1 aliphatic carbocycles. The third-order valence-electron chi connectivity index (χ3n) is 4.43. The number of rotatable bonds is 2. The van der Waals surface area contributed by atoms with Crippen molar-refractivity contribution in [1.29, 1.82) is 0 Å². The molecule has 1 aliphatic rings. The molecule has 0 aliphatic heterocycles. The molecule has 1 aromatic carbocycles. The number of anilines is 1. The molecule has 1 amide bonds. The van der Waals surface area contributed by atoms with E-state index < -0.39 is 0 Å². The number of carbonyl (C=O) groups is 1. The van der Waals surface area contributed by atoms with Crippen LogP contribution in [0.15, 0.2) is 30.6 Å². The van der Waals surface area contributed by atoms with Crippen molar-refractivity contribution in [3.05, 3.63) is 41.9 Å². The number of nitrogens with zero attached hydrogens (tertiary/aromatic N) is 3. The van der Waals surface area contributed by atoms with Gasteiger partial charge in [-0.2, -0.15) is 10.2 Å². The summed E-state index contributed by atoms with van der Waals surface area (Å²) in [6, 6.07) is 5.77. The first-order chi connectivity index (χ1) is 10.7. The van der Waals surface area contributed by atoms with Crippen molar-refractivity contribution in [1.82, 2.24) is 20.0 Å². The Labute approximate surface area is 127 Å². The Balaban J connectivity index is 1.51. The smallest absolute Gasteiger partial charge is 0.227 e. The zero-order chi connectivity index (χ0) is 15.1. The fourth-order valence-electron chi connectivity index (χ4n) is 3.13. The summed E-state index contributed by atoms with van der Waals surface area (Å²) in [5, 5.41) is 15.2. The molecule has 22 heavy (non-hydrogen) atoms. The zero-order valence-electron chi connectivity index (χ0n) is 12.3. The SMILES string of the molecule is Cn1ncc2c1CC(C(=O)Nc1ccc3[nH]ncc3c1)CC2. The summed E-state index contributed by atoms with van der Waals surface area (Å²) in [5.41, 5.74) is 4.23. The number of hydrogen-bond donors (Lipinski definition) is 2. The lowest BCUT2D eigenvalue weighted by Crippen LogP contribution is -2.28. The maximum atomic E-state index is 12.5. The van der Waals surface area contributed by atoms with Crippen LogP contribution in [0, 0.1) is 5.92 Å².